The third-order valence-corrected chi connectivity index (χ3v) is 6.17. The molecule has 1 amide bonds. The first-order valence-corrected chi connectivity index (χ1v) is 11.7. The molecular formula is C26H26ClF2N3O2. The van der Waals surface area contributed by atoms with Crippen LogP contribution in [-0.2, 0) is 4.79 Å². The fourth-order valence-electron chi connectivity index (χ4n) is 4.21. The van der Waals surface area contributed by atoms with Gasteiger partial charge in [-0.15, -0.1) is 0 Å². The highest BCUT2D eigenvalue weighted by Crippen LogP contribution is 2.31. The monoisotopic (exact) mass is 485 g/mol. The number of aromatic nitrogens is 1. The van der Waals surface area contributed by atoms with Gasteiger partial charge in [0.2, 0.25) is 5.91 Å². The van der Waals surface area contributed by atoms with Gasteiger partial charge in [0.1, 0.15) is 12.4 Å². The number of hydrogen-bond donors (Lipinski definition) is 1. The van der Waals surface area contributed by atoms with E-state index in [1.807, 2.05) is 30.3 Å². The summed E-state index contributed by atoms with van der Waals surface area (Å²) in [6.45, 7) is 1.78. The molecule has 2 heterocycles. The van der Waals surface area contributed by atoms with Gasteiger partial charge in [-0.2, -0.15) is 0 Å². The van der Waals surface area contributed by atoms with E-state index in [2.05, 4.69) is 10.3 Å². The number of ether oxygens (including phenoxy) is 1. The van der Waals surface area contributed by atoms with Crippen LogP contribution in [0.4, 0.5) is 8.78 Å². The number of carbonyl (C=O) groups is 1. The summed E-state index contributed by atoms with van der Waals surface area (Å²) in [4.78, 5) is 20.1. The van der Waals surface area contributed by atoms with Crippen molar-refractivity contribution in [1.29, 1.82) is 0 Å². The SMILES string of the molecule is O=C(C1CCNCC1)N(CCOc1ccc(F)cc1F)[C@H](c1ccc(Cl)cc1)c1ccccn1. The molecule has 1 atom stereocenters. The first kappa shape index (κ1) is 24.1. The van der Waals surface area contributed by atoms with Crippen LogP contribution in [0.2, 0.25) is 5.02 Å². The highest BCUT2D eigenvalue weighted by Gasteiger charge is 2.33. The number of pyridine rings is 1. The number of halogens is 3. The Labute approximate surface area is 202 Å². The van der Waals surface area contributed by atoms with Gasteiger partial charge in [0.05, 0.1) is 18.3 Å². The topological polar surface area (TPSA) is 54.5 Å². The van der Waals surface area contributed by atoms with Crippen LogP contribution >= 0.6 is 11.6 Å². The quantitative estimate of drug-likeness (QED) is 0.487. The summed E-state index contributed by atoms with van der Waals surface area (Å²) in [7, 11) is 0. The van der Waals surface area contributed by atoms with Crippen LogP contribution in [0.5, 0.6) is 5.75 Å². The van der Waals surface area contributed by atoms with Crippen molar-refractivity contribution >= 4 is 17.5 Å². The van der Waals surface area contributed by atoms with Crippen LogP contribution in [0, 0.1) is 17.6 Å². The fraction of sp³-hybridized carbons (Fsp3) is 0.308. The number of benzene rings is 2. The van der Waals surface area contributed by atoms with Gasteiger partial charge in [-0.1, -0.05) is 29.8 Å². The van der Waals surface area contributed by atoms with Crippen LogP contribution in [0.15, 0.2) is 66.9 Å². The Balaban J connectivity index is 1.64. The third-order valence-electron chi connectivity index (χ3n) is 5.92. The molecule has 8 heteroatoms. The second-order valence-corrected chi connectivity index (χ2v) is 8.62. The number of nitrogens with one attached hydrogen (secondary N) is 1. The minimum atomic E-state index is -0.782. The maximum Gasteiger partial charge on any atom is 0.226 e. The van der Waals surface area contributed by atoms with Crippen molar-refractivity contribution in [2.75, 3.05) is 26.2 Å². The second kappa shape index (κ2) is 11.4. The molecule has 178 valence electrons. The summed E-state index contributed by atoms with van der Waals surface area (Å²) in [5.41, 5.74) is 1.57. The van der Waals surface area contributed by atoms with Crippen LogP contribution in [0.3, 0.4) is 0 Å². The lowest BCUT2D eigenvalue weighted by molar-refractivity contribution is -0.138. The van der Waals surface area contributed by atoms with E-state index in [-0.39, 0.29) is 30.7 Å². The largest absolute Gasteiger partial charge is 0.489 e. The molecule has 0 saturated carbocycles. The van der Waals surface area contributed by atoms with Gasteiger partial charge in [-0.05, 0) is 67.9 Å². The lowest BCUT2D eigenvalue weighted by Gasteiger charge is -2.35. The molecule has 0 bridgehead atoms. The molecule has 1 saturated heterocycles. The Hall–Kier alpha value is -3.03. The molecule has 3 aromatic rings. The molecule has 1 aliphatic rings. The zero-order valence-electron chi connectivity index (χ0n) is 18.6. The molecule has 0 spiro atoms. The molecule has 0 radical (unpaired) electrons. The highest BCUT2D eigenvalue weighted by atomic mass is 35.5. The molecular weight excluding hydrogens is 460 g/mol. The van der Waals surface area contributed by atoms with E-state index in [0.29, 0.717) is 10.7 Å². The molecule has 1 aliphatic heterocycles. The second-order valence-electron chi connectivity index (χ2n) is 8.19. The molecule has 1 fully saturated rings. The van der Waals surface area contributed by atoms with E-state index in [0.717, 1.165) is 43.6 Å². The number of hydrogen-bond acceptors (Lipinski definition) is 4. The molecule has 0 unspecified atom stereocenters. The van der Waals surface area contributed by atoms with E-state index < -0.39 is 17.7 Å². The van der Waals surface area contributed by atoms with Gasteiger partial charge in [-0.3, -0.25) is 9.78 Å². The lowest BCUT2D eigenvalue weighted by atomic mass is 9.93. The molecule has 2 aromatic carbocycles. The van der Waals surface area contributed by atoms with Gasteiger partial charge >= 0.3 is 0 Å². The minimum Gasteiger partial charge on any atom is -0.489 e. The Morgan fingerprint density at radius 2 is 1.88 bits per heavy atom. The zero-order valence-corrected chi connectivity index (χ0v) is 19.3. The van der Waals surface area contributed by atoms with Crippen LogP contribution < -0.4 is 10.1 Å². The predicted octanol–water partition coefficient (Wildman–Crippen LogP) is 5.01. The fourth-order valence-corrected chi connectivity index (χ4v) is 4.34. The van der Waals surface area contributed by atoms with Crippen molar-refractivity contribution in [2.24, 2.45) is 5.92 Å². The average molecular weight is 486 g/mol. The first-order valence-electron chi connectivity index (χ1n) is 11.3. The number of piperidine rings is 1. The van der Waals surface area contributed by atoms with Gasteiger partial charge in [-0.25, -0.2) is 8.78 Å². The maximum absolute atomic E-state index is 14.1. The molecule has 34 heavy (non-hydrogen) atoms. The van der Waals surface area contributed by atoms with Gasteiger partial charge in [0.25, 0.3) is 0 Å². The Kier molecular flexibility index (Phi) is 8.08. The average Bonchev–Trinajstić information content (AvgIpc) is 2.86. The molecule has 1 N–H and O–H groups in total. The number of nitrogens with zero attached hydrogens (tertiary/aromatic N) is 2. The van der Waals surface area contributed by atoms with Crippen molar-refractivity contribution in [3.05, 3.63) is 94.8 Å². The Morgan fingerprint density at radius 1 is 1.12 bits per heavy atom. The number of amides is 1. The van der Waals surface area contributed by atoms with E-state index in [9.17, 15) is 13.6 Å². The van der Waals surface area contributed by atoms with Crippen LogP contribution in [0.1, 0.15) is 30.1 Å². The van der Waals surface area contributed by atoms with E-state index in [1.165, 1.54) is 6.07 Å². The molecule has 0 aliphatic carbocycles. The maximum atomic E-state index is 14.1. The van der Waals surface area contributed by atoms with Gasteiger partial charge in [0.15, 0.2) is 11.6 Å². The summed E-state index contributed by atoms with van der Waals surface area (Å²) in [5.74, 6) is -1.66. The summed E-state index contributed by atoms with van der Waals surface area (Å²) in [5, 5.41) is 3.88. The summed E-state index contributed by atoms with van der Waals surface area (Å²) >= 11 is 6.12. The first-order chi connectivity index (χ1) is 16.5. The number of carbonyl (C=O) groups excluding carboxylic acids is 1. The molecule has 1 aromatic heterocycles. The Bertz CT molecular complexity index is 1090. The Morgan fingerprint density at radius 3 is 2.56 bits per heavy atom. The number of rotatable bonds is 8. The highest BCUT2D eigenvalue weighted by molar-refractivity contribution is 6.30. The van der Waals surface area contributed by atoms with Crippen molar-refractivity contribution in [3.8, 4) is 5.75 Å². The standard InChI is InChI=1S/C26H26ClF2N3O2/c27-20-6-4-18(5-7-20)25(23-3-1-2-12-31-23)32(26(33)19-10-13-30-14-11-19)15-16-34-24-9-8-21(28)17-22(24)29/h1-9,12,17,19,25,30H,10-11,13-16H2/t25-/m1/s1. The molecule has 5 nitrogen and oxygen atoms in total. The van der Waals surface area contributed by atoms with Crippen LogP contribution in [0.25, 0.3) is 0 Å². The normalized spacial score (nSPS) is 15.0. The van der Waals surface area contributed by atoms with Crippen molar-refractivity contribution in [3.63, 3.8) is 0 Å². The summed E-state index contributed by atoms with van der Waals surface area (Å²) < 4.78 is 32.9. The van der Waals surface area contributed by atoms with Crippen molar-refractivity contribution < 1.29 is 18.3 Å². The molecule has 4 rings (SSSR count). The van der Waals surface area contributed by atoms with E-state index >= 15 is 0 Å². The summed E-state index contributed by atoms with van der Waals surface area (Å²) in [6.07, 6.45) is 3.16. The van der Waals surface area contributed by atoms with Crippen molar-refractivity contribution in [2.45, 2.75) is 18.9 Å². The predicted molar refractivity (Wildman–Crippen MR) is 127 cm³/mol. The van der Waals surface area contributed by atoms with Gasteiger partial charge < -0.3 is 15.0 Å². The van der Waals surface area contributed by atoms with E-state index in [4.69, 9.17) is 16.3 Å². The smallest absolute Gasteiger partial charge is 0.226 e. The van der Waals surface area contributed by atoms with Crippen molar-refractivity contribution in [1.82, 2.24) is 15.2 Å². The van der Waals surface area contributed by atoms with E-state index in [1.54, 1.807) is 23.2 Å². The minimum absolute atomic E-state index is 0.00437. The lowest BCUT2D eigenvalue weighted by Crippen LogP contribution is -2.45. The van der Waals surface area contributed by atoms with Crippen LogP contribution in [-0.4, -0.2) is 42.0 Å². The zero-order chi connectivity index (χ0) is 23.9. The van der Waals surface area contributed by atoms with Gasteiger partial charge in [0, 0.05) is 23.2 Å². The third kappa shape index (κ3) is 5.90. The summed E-state index contributed by atoms with van der Waals surface area (Å²) in [6, 6.07) is 15.6.